The molecule has 98 valence electrons. The van der Waals surface area contributed by atoms with Gasteiger partial charge in [-0.05, 0) is 17.7 Å². The third-order valence-electron chi connectivity index (χ3n) is 2.26. The van der Waals surface area contributed by atoms with Gasteiger partial charge < -0.3 is 15.5 Å². The minimum atomic E-state index is -1.05. The Morgan fingerprint density at radius 1 is 1.20 bits per heavy atom. The van der Waals surface area contributed by atoms with Crippen molar-refractivity contribution in [1.82, 2.24) is 0 Å². The number of phenols is 1. The van der Waals surface area contributed by atoms with Crippen molar-refractivity contribution in [2.45, 2.75) is 6.42 Å². The number of hydrogen-bond donors (Lipinski definition) is 3. The summed E-state index contributed by atoms with van der Waals surface area (Å²) in [5.74, 6) is -1.28. The molecule has 1 aromatic rings. The zero-order valence-electron chi connectivity index (χ0n) is 10.1. The number of allylic oxidation sites excluding steroid dienone is 2. The van der Waals surface area contributed by atoms with Crippen molar-refractivity contribution in [1.29, 1.82) is 15.8 Å². The van der Waals surface area contributed by atoms with Gasteiger partial charge in [0.05, 0.1) is 12.1 Å². The van der Waals surface area contributed by atoms with Crippen LogP contribution in [0.5, 0.6) is 5.75 Å². The summed E-state index contributed by atoms with van der Waals surface area (Å²) < 4.78 is 0. The van der Waals surface area contributed by atoms with E-state index in [9.17, 15) is 9.90 Å². The number of benzene rings is 1. The lowest BCUT2D eigenvalue weighted by Gasteiger charge is -2.08. The second kappa shape index (κ2) is 6.44. The van der Waals surface area contributed by atoms with Crippen molar-refractivity contribution in [3.63, 3.8) is 0 Å². The molecule has 0 aromatic heterocycles. The third kappa shape index (κ3) is 3.49. The highest BCUT2D eigenvalue weighted by molar-refractivity contribution is 5.72. The first-order valence-electron chi connectivity index (χ1n) is 5.27. The molecule has 7 nitrogen and oxygen atoms in total. The lowest BCUT2D eigenvalue weighted by Crippen LogP contribution is -2.03. The molecule has 0 atom stereocenters. The molecule has 0 amide bonds. The van der Waals surface area contributed by atoms with Gasteiger partial charge in [-0.25, -0.2) is 0 Å². The van der Waals surface area contributed by atoms with E-state index < -0.39 is 11.5 Å². The van der Waals surface area contributed by atoms with E-state index in [4.69, 9.17) is 20.9 Å². The van der Waals surface area contributed by atoms with Crippen LogP contribution < -0.4 is 5.32 Å². The van der Waals surface area contributed by atoms with E-state index in [0.717, 1.165) is 0 Å². The highest BCUT2D eigenvalue weighted by atomic mass is 16.4. The Morgan fingerprint density at radius 3 is 2.35 bits per heavy atom. The van der Waals surface area contributed by atoms with Crippen LogP contribution in [0.3, 0.4) is 0 Å². The van der Waals surface area contributed by atoms with Crippen LogP contribution in [0.25, 0.3) is 0 Å². The van der Waals surface area contributed by atoms with Crippen molar-refractivity contribution >= 4 is 11.7 Å². The molecular weight excluding hydrogens is 260 g/mol. The molecule has 1 rings (SSSR count). The number of nitriles is 3. The van der Waals surface area contributed by atoms with Crippen LogP contribution in [-0.2, 0) is 11.2 Å². The van der Waals surface area contributed by atoms with Crippen LogP contribution in [0.4, 0.5) is 5.69 Å². The maximum absolute atomic E-state index is 10.6. The zero-order valence-corrected chi connectivity index (χ0v) is 10.1. The summed E-state index contributed by atoms with van der Waals surface area (Å²) in [4.78, 5) is 10.6. The van der Waals surface area contributed by atoms with Gasteiger partial charge in [0.1, 0.15) is 29.7 Å². The molecule has 0 aliphatic carbocycles. The Kier molecular flexibility index (Phi) is 4.69. The number of anilines is 1. The molecule has 0 spiro atoms. The first kappa shape index (κ1) is 14.6. The first-order chi connectivity index (χ1) is 9.51. The number of rotatable bonds is 4. The Balaban J connectivity index is 3.19. The Morgan fingerprint density at radius 2 is 1.85 bits per heavy atom. The number of nitrogens with zero attached hydrogens (tertiary/aromatic N) is 3. The van der Waals surface area contributed by atoms with Crippen LogP contribution in [0.15, 0.2) is 29.5 Å². The van der Waals surface area contributed by atoms with Crippen LogP contribution in [0.1, 0.15) is 5.56 Å². The molecule has 0 aliphatic rings. The van der Waals surface area contributed by atoms with Crippen molar-refractivity contribution in [3.05, 3.63) is 35.0 Å². The molecule has 0 unspecified atom stereocenters. The highest BCUT2D eigenvalue weighted by Gasteiger charge is 2.10. The molecule has 0 saturated heterocycles. The normalized spacial score (nSPS) is 8.65. The van der Waals surface area contributed by atoms with Crippen LogP contribution in [-0.4, -0.2) is 16.2 Å². The summed E-state index contributed by atoms with van der Waals surface area (Å²) in [6.45, 7) is 0. The summed E-state index contributed by atoms with van der Waals surface area (Å²) in [7, 11) is 0. The van der Waals surface area contributed by atoms with Crippen molar-refractivity contribution in [3.8, 4) is 24.0 Å². The standard InChI is InChI=1S/C13H8N4O3/c14-5-9(6-15)11(7-16)17-10-3-8(4-13(19)20)1-2-12(10)18/h1-3,17-18H,4H2,(H,19,20). The molecule has 0 aliphatic heterocycles. The molecule has 3 N–H and O–H groups in total. The predicted octanol–water partition coefficient (Wildman–Crippen LogP) is 1.26. The quantitative estimate of drug-likeness (QED) is 0.551. The van der Waals surface area contributed by atoms with Gasteiger partial charge in [-0.2, -0.15) is 15.8 Å². The number of aromatic hydroxyl groups is 1. The largest absolute Gasteiger partial charge is 0.506 e. The molecule has 0 bridgehead atoms. The third-order valence-corrected chi connectivity index (χ3v) is 2.26. The Hall–Kier alpha value is -3.50. The molecule has 0 saturated carbocycles. The number of phenolic OH excluding ortho intramolecular Hbond substituents is 1. The molecule has 0 radical (unpaired) electrons. The van der Waals surface area contributed by atoms with Crippen molar-refractivity contribution < 1.29 is 15.0 Å². The van der Waals surface area contributed by atoms with Gasteiger partial charge in [0, 0.05) is 0 Å². The second-order valence-electron chi connectivity index (χ2n) is 3.63. The average Bonchev–Trinajstić information content (AvgIpc) is 2.41. The predicted molar refractivity (Wildman–Crippen MR) is 66.9 cm³/mol. The van der Waals surface area contributed by atoms with Gasteiger partial charge in [-0.3, -0.25) is 4.79 Å². The van der Waals surface area contributed by atoms with E-state index in [2.05, 4.69) is 5.32 Å². The maximum atomic E-state index is 10.6. The zero-order chi connectivity index (χ0) is 15.1. The number of hydrogen-bond acceptors (Lipinski definition) is 6. The van der Waals surface area contributed by atoms with E-state index >= 15 is 0 Å². The van der Waals surface area contributed by atoms with E-state index in [-0.39, 0.29) is 23.6 Å². The fraction of sp³-hybridized carbons (Fsp3) is 0.0769. The summed E-state index contributed by atoms with van der Waals surface area (Å²) >= 11 is 0. The number of carbonyl (C=O) groups is 1. The van der Waals surface area contributed by atoms with Crippen molar-refractivity contribution in [2.75, 3.05) is 5.32 Å². The molecule has 20 heavy (non-hydrogen) atoms. The maximum Gasteiger partial charge on any atom is 0.307 e. The molecule has 1 aromatic carbocycles. The van der Waals surface area contributed by atoms with Gasteiger partial charge in [0.2, 0.25) is 0 Å². The SMILES string of the molecule is N#CC(C#N)=C(C#N)Nc1cc(CC(=O)O)ccc1O. The summed E-state index contributed by atoms with van der Waals surface area (Å²) in [6, 6.07) is 8.73. The van der Waals surface area contributed by atoms with Crippen molar-refractivity contribution in [2.24, 2.45) is 0 Å². The van der Waals surface area contributed by atoms with Crippen LogP contribution >= 0.6 is 0 Å². The summed E-state index contributed by atoms with van der Waals surface area (Å²) in [5, 5.41) is 47.0. The lowest BCUT2D eigenvalue weighted by atomic mass is 10.1. The molecule has 0 heterocycles. The lowest BCUT2D eigenvalue weighted by molar-refractivity contribution is -0.136. The van der Waals surface area contributed by atoms with Gasteiger partial charge >= 0.3 is 5.97 Å². The molecular formula is C13H8N4O3. The number of carboxylic acid groups (broad SMARTS) is 1. The number of carboxylic acids is 1. The smallest absolute Gasteiger partial charge is 0.307 e. The first-order valence-corrected chi connectivity index (χ1v) is 5.27. The summed E-state index contributed by atoms with van der Waals surface area (Å²) in [5.41, 5.74) is -0.317. The minimum Gasteiger partial charge on any atom is -0.506 e. The van der Waals surface area contributed by atoms with E-state index in [1.807, 2.05) is 0 Å². The van der Waals surface area contributed by atoms with Gasteiger partial charge in [0.15, 0.2) is 5.57 Å². The van der Waals surface area contributed by atoms with E-state index in [0.29, 0.717) is 5.56 Å². The number of aliphatic carboxylic acids is 1. The van der Waals surface area contributed by atoms with E-state index in [1.54, 1.807) is 18.2 Å². The Labute approximate surface area is 114 Å². The van der Waals surface area contributed by atoms with E-state index in [1.165, 1.54) is 18.2 Å². The average molecular weight is 268 g/mol. The van der Waals surface area contributed by atoms with Crippen LogP contribution in [0.2, 0.25) is 0 Å². The second-order valence-corrected chi connectivity index (χ2v) is 3.63. The van der Waals surface area contributed by atoms with Crippen LogP contribution in [0, 0.1) is 34.0 Å². The fourth-order valence-electron chi connectivity index (χ4n) is 1.39. The van der Waals surface area contributed by atoms with Gasteiger partial charge in [0.25, 0.3) is 0 Å². The Bertz CT molecular complexity index is 686. The van der Waals surface area contributed by atoms with Gasteiger partial charge in [-0.15, -0.1) is 0 Å². The fourth-order valence-corrected chi connectivity index (χ4v) is 1.39. The number of nitrogens with one attached hydrogen (secondary N) is 1. The summed E-state index contributed by atoms with van der Waals surface area (Å²) in [6.07, 6.45) is -0.260. The highest BCUT2D eigenvalue weighted by Crippen LogP contribution is 2.26. The monoisotopic (exact) mass is 268 g/mol. The molecule has 7 heteroatoms. The minimum absolute atomic E-state index is 0.0447. The van der Waals surface area contributed by atoms with Gasteiger partial charge in [-0.1, -0.05) is 6.07 Å². The molecule has 0 fully saturated rings. The topological polar surface area (TPSA) is 141 Å².